The molecule has 0 aliphatic carbocycles. The lowest BCUT2D eigenvalue weighted by atomic mass is 10.1. The molecular weight excluding hydrogens is 211 g/mol. The second-order valence-electron chi connectivity index (χ2n) is 2.56. The zero-order chi connectivity index (χ0) is 11.6. The van der Waals surface area contributed by atoms with Gasteiger partial charge in [0.15, 0.2) is 0 Å². The fraction of sp³-hybridized carbons (Fsp3) is 0.714. The summed E-state index contributed by atoms with van der Waals surface area (Å²) in [6.45, 7) is 1.27. The van der Waals surface area contributed by atoms with Gasteiger partial charge in [-0.05, 0) is 0 Å². The van der Waals surface area contributed by atoms with Gasteiger partial charge >= 0.3 is 12.1 Å². The van der Waals surface area contributed by atoms with Crippen LogP contribution in [-0.2, 0) is 9.59 Å². The van der Waals surface area contributed by atoms with Crippen LogP contribution in [-0.4, -0.2) is 23.7 Å². The van der Waals surface area contributed by atoms with E-state index in [1.54, 1.807) is 0 Å². The van der Waals surface area contributed by atoms with Gasteiger partial charge in [-0.3, -0.25) is 9.59 Å². The number of rotatable bonds is 4. The van der Waals surface area contributed by atoms with Crippen molar-refractivity contribution < 1.29 is 31.5 Å². The maximum Gasteiger partial charge on any atom is 0.461 e. The number of hydrogen-bond donors (Lipinski definition) is 0. The first-order valence-electron chi connectivity index (χ1n) is 3.62. The normalized spacial score (nSPS) is 12.7. The van der Waals surface area contributed by atoms with Gasteiger partial charge in [-0.1, -0.05) is 6.92 Å². The Morgan fingerprint density at radius 2 is 1.50 bits per heavy atom. The Bertz CT molecular complexity index is 243. The first-order valence-corrected chi connectivity index (χ1v) is 3.62. The molecule has 0 aliphatic heterocycles. The number of ketones is 2. The molecule has 7 heteroatoms. The summed E-state index contributed by atoms with van der Waals surface area (Å²) < 4.78 is 59.1. The SMILES string of the molecule is CCC(=O)CC(=O)C(F)(F)C(F)(F)F. The molecule has 0 N–H and O–H groups in total. The predicted octanol–water partition coefficient (Wildman–Crippen LogP) is 2.12. The van der Waals surface area contributed by atoms with Gasteiger partial charge in [0.1, 0.15) is 5.78 Å². The minimum absolute atomic E-state index is 0.250. The van der Waals surface area contributed by atoms with E-state index < -0.39 is 30.1 Å². The van der Waals surface area contributed by atoms with Crippen LogP contribution in [0.4, 0.5) is 22.0 Å². The Labute approximate surface area is 76.1 Å². The van der Waals surface area contributed by atoms with E-state index in [4.69, 9.17) is 0 Å². The van der Waals surface area contributed by atoms with Gasteiger partial charge in [0.2, 0.25) is 5.78 Å². The topological polar surface area (TPSA) is 34.1 Å². The van der Waals surface area contributed by atoms with Crippen LogP contribution in [0.3, 0.4) is 0 Å². The molecule has 0 aromatic heterocycles. The van der Waals surface area contributed by atoms with Gasteiger partial charge in [-0.15, -0.1) is 0 Å². The molecule has 0 aliphatic rings. The van der Waals surface area contributed by atoms with Crippen LogP contribution < -0.4 is 0 Å². The van der Waals surface area contributed by atoms with Crippen LogP contribution in [0.5, 0.6) is 0 Å². The van der Waals surface area contributed by atoms with E-state index in [2.05, 4.69) is 0 Å². The van der Waals surface area contributed by atoms with E-state index in [9.17, 15) is 31.5 Å². The zero-order valence-electron chi connectivity index (χ0n) is 7.12. The lowest BCUT2D eigenvalue weighted by Gasteiger charge is -2.17. The number of Topliss-reactive ketones (excluding diaryl/α,β-unsaturated/α-hetero) is 2. The quantitative estimate of drug-likeness (QED) is 0.535. The fourth-order valence-electron chi connectivity index (χ4n) is 0.573. The van der Waals surface area contributed by atoms with Gasteiger partial charge in [0, 0.05) is 6.42 Å². The Morgan fingerprint density at radius 3 is 1.79 bits per heavy atom. The summed E-state index contributed by atoms with van der Waals surface area (Å²) in [5, 5.41) is 0. The summed E-state index contributed by atoms with van der Waals surface area (Å²) in [6, 6.07) is 0. The second kappa shape index (κ2) is 4.02. The summed E-state index contributed by atoms with van der Waals surface area (Å²) in [4.78, 5) is 20.9. The molecule has 0 rings (SSSR count). The van der Waals surface area contributed by atoms with Crippen molar-refractivity contribution in [2.45, 2.75) is 31.9 Å². The van der Waals surface area contributed by atoms with Crippen LogP contribution in [0.15, 0.2) is 0 Å². The Balaban J connectivity index is 4.61. The molecule has 0 fully saturated rings. The largest absolute Gasteiger partial charge is 0.461 e. The highest BCUT2D eigenvalue weighted by atomic mass is 19.4. The van der Waals surface area contributed by atoms with Crippen molar-refractivity contribution in [2.75, 3.05) is 0 Å². The van der Waals surface area contributed by atoms with E-state index in [-0.39, 0.29) is 6.42 Å². The molecule has 2 nitrogen and oxygen atoms in total. The van der Waals surface area contributed by atoms with Gasteiger partial charge in [-0.2, -0.15) is 22.0 Å². The number of carbonyl (C=O) groups excluding carboxylic acids is 2. The lowest BCUT2D eigenvalue weighted by molar-refractivity contribution is -0.268. The molecule has 0 radical (unpaired) electrons. The molecular formula is C7H7F5O2. The minimum atomic E-state index is -5.93. The van der Waals surface area contributed by atoms with Crippen molar-refractivity contribution >= 4 is 11.6 Å². The molecule has 0 bridgehead atoms. The molecule has 0 atom stereocenters. The average Bonchev–Trinajstić information content (AvgIpc) is 2.01. The summed E-state index contributed by atoms with van der Waals surface area (Å²) in [5.74, 6) is -8.78. The number of carbonyl (C=O) groups is 2. The van der Waals surface area contributed by atoms with Crippen molar-refractivity contribution in [1.29, 1.82) is 0 Å². The van der Waals surface area contributed by atoms with Gasteiger partial charge in [0.05, 0.1) is 6.42 Å². The average molecular weight is 218 g/mol. The summed E-state index contributed by atoms with van der Waals surface area (Å²) in [7, 11) is 0. The van der Waals surface area contributed by atoms with E-state index in [0.717, 1.165) is 0 Å². The molecule has 0 aromatic rings. The Morgan fingerprint density at radius 1 is 1.07 bits per heavy atom. The maximum atomic E-state index is 12.2. The highest BCUT2D eigenvalue weighted by Crippen LogP contribution is 2.36. The molecule has 0 spiro atoms. The molecule has 0 unspecified atom stereocenters. The molecule has 82 valence electrons. The summed E-state index contributed by atoms with van der Waals surface area (Å²) in [6.07, 6.45) is -7.57. The monoisotopic (exact) mass is 218 g/mol. The van der Waals surface area contributed by atoms with E-state index >= 15 is 0 Å². The van der Waals surface area contributed by atoms with Crippen LogP contribution in [0, 0.1) is 0 Å². The van der Waals surface area contributed by atoms with Gasteiger partial charge in [0.25, 0.3) is 0 Å². The summed E-state index contributed by atoms with van der Waals surface area (Å²) in [5.41, 5.74) is 0. The molecule has 0 aromatic carbocycles. The first-order chi connectivity index (χ1) is 6.13. The third kappa shape index (κ3) is 2.74. The van der Waals surface area contributed by atoms with E-state index in [0.29, 0.717) is 0 Å². The van der Waals surface area contributed by atoms with Crippen LogP contribution in [0.25, 0.3) is 0 Å². The first kappa shape index (κ1) is 13.0. The zero-order valence-corrected chi connectivity index (χ0v) is 7.12. The fourth-order valence-corrected chi connectivity index (χ4v) is 0.573. The number of alkyl halides is 5. The minimum Gasteiger partial charge on any atom is -0.299 e. The molecule has 0 heterocycles. The third-order valence-corrected chi connectivity index (χ3v) is 1.46. The molecule has 0 saturated carbocycles. The maximum absolute atomic E-state index is 12.2. The van der Waals surface area contributed by atoms with Gasteiger partial charge < -0.3 is 0 Å². The lowest BCUT2D eigenvalue weighted by Crippen LogP contribution is -2.44. The van der Waals surface area contributed by atoms with E-state index in [1.165, 1.54) is 6.92 Å². The number of halogens is 5. The number of hydrogen-bond acceptors (Lipinski definition) is 2. The van der Waals surface area contributed by atoms with Crippen molar-refractivity contribution in [3.05, 3.63) is 0 Å². The van der Waals surface area contributed by atoms with Crippen LogP contribution >= 0.6 is 0 Å². The second-order valence-corrected chi connectivity index (χ2v) is 2.56. The standard InChI is InChI=1S/C7H7F5O2/c1-2-4(13)3-5(14)6(8,9)7(10,11)12/h2-3H2,1H3. The Hall–Kier alpha value is -1.01. The van der Waals surface area contributed by atoms with Crippen LogP contribution in [0.1, 0.15) is 19.8 Å². The van der Waals surface area contributed by atoms with Gasteiger partial charge in [-0.25, -0.2) is 0 Å². The van der Waals surface area contributed by atoms with Crippen molar-refractivity contribution in [3.8, 4) is 0 Å². The predicted molar refractivity (Wildman–Crippen MR) is 35.9 cm³/mol. The van der Waals surface area contributed by atoms with Crippen molar-refractivity contribution in [3.63, 3.8) is 0 Å². The molecule has 14 heavy (non-hydrogen) atoms. The highest BCUT2D eigenvalue weighted by molar-refractivity contribution is 6.02. The molecule has 0 saturated heterocycles. The van der Waals surface area contributed by atoms with Crippen molar-refractivity contribution in [1.82, 2.24) is 0 Å². The Kier molecular flexibility index (Phi) is 3.73. The molecule has 0 amide bonds. The highest BCUT2D eigenvalue weighted by Gasteiger charge is 2.62. The summed E-state index contributed by atoms with van der Waals surface area (Å²) >= 11 is 0. The van der Waals surface area contributed by atoms with E-state index in [1.807, 2.05) is 0 Å². The third-order valence-electron chi connectivity index (χ3n) is 1.46. The van der Waals surface area contributed by atoms with Crippen molar-refractivity contribution in [2.24, 2.45) is 0 Å². The smallest absolute Gasteiger partial charge is 0.299 e. The van der Waals surface area contributed by atoms with Crippen LogP contribution in [0.2, 0.25) is 0 Å².